The summed E-state index contributed by atoms with van der Waals surface area (Å²) in [5.41, 5.74) is 4.27. The summed E-state index contributed by atoms with van der Waals surface area (Å²) in [6, 6.07) is 9.23. The number of rotatable bonds is 13. The zero-order valence-corrected chi connectivity index (χ0v) is 17.3. The standard InChI is InChI=1S/C26H40/c1-3-5-7-8-9-10-11-12-14-24-17-21-26(22-18-24)25-19-15-23(16-20-25)13-6-4-2/h15-17,19-22,24H,3-14,18H2,1-2H3. The van der Waals surface area contributed by atoms with Crippen LogP contribution in [0.5, 0.6) is 0 Å². The average molecular weight is 353 g/mol. The fourth-order valence-electron chi connectivity index (χ4n) is 3.88. The van der Waals surface area contributed by atoms with Crippen LogP contribution in [0.25, 0.3) is 5.57 Å². The number of benzene rings is 1. The molecule has 26 heavy (non-hydrogen) atoms. The molecule has 0 spiro atoms. The van der Waals surface area contributed by atoms with Crippen molar-refractivity contribution in [2.45, 2.75) is 97.3 Å². The summed E-state index contributed by atoms with van der Waals surface area (Å²) in [6.07, 6.45) is 25.0. The van der Waals surface area contributed by atoms with Gasteiger partial charge < -0.3 is 0 Å². The van der Waals surface area contributed by atoms with Crippen molar-refractivity contribution in [3.63, 3.8) is 0 Å². The molecule has 0 aromatic heterocycles. The van der Waals surface area contributed by atoms with Crippen molar-refractivity contribution < 1.29 is 0 Å². The third-order valence-corrected chi connectivity index (χ3v) is 5.72. The second kappa shape index (κ2) is 13.0. The first kappa shape index (κ1) is 21.0. The van der Waals surface area contributed by atoms with Gasteiger partial charge >= 0.3 is 0 Å². The molecule has 2 rings (SSSR count). The highest BCUT2D eigenvalue weighted by Gasteiger charge is 2.09. The molecule has 0 bridgehead atoms. The van der Waals surface area contributed by atoms with Crippen LogP contribution in [0.4, 0.5) is 0 Å². The predicted molar refractivity (Wildman–Crippen MR) is 118 cm³/mol. The van der Waals surface area contributed by atoms with Gasteiger partial charge in [-0.3, -0.25) is 0 Å². The maximum atomic E-state index is 2.46. The molecule has 1 aromatic rings. The van der Waals surface area contributed by atoms with E-state index in [0.717, 1.165) is 5.92 Å². The van der Waals surface area contributed by atoms with E-state index in [9.17, 15) is 0 Å². The van der Waals surface area contributed by atoms with Crippen molar-refractivity contribution in [2.75, 3.05) is 0 Å². The van der Waals surface area contributed by atoms with Crippen molar-refractivity contribution in [1.29, 1.82) is 0 Å². The summed E-state index contributed by atoms with van der Waals surface area (Å²) in [5, 5.41) is 0. The Morgan fingerprint density at radius 1 is 0.769 bits per heavy atom. The van der Waals surface area contributed by atoms with E-state index in [1.165, 1.54) is 100 Å². The van der Waals surface area contributed by atoms with Gasteiger partial charge in [0.25, 0.3) is 0 Å². The molecule has 0 heteroatoms. The summed E-state index contributed by atoms with van der Waals surface area (Å²) in [5.74, 6) is 0.766. The van der Waals surface area contributed by atoms with Gasteiger partial charge in [-0.25, -0.2) is 0 Å². The number of allylic oxidation sites excluding steroid dienone is 4. The van der Waals surface area contributed by atoms with Gasteiger partial charge in [0.15, 0.2) is 0 Å². The highest BCUT2D eigenvalue weighted by atomic mass is 14.1. The zero-order chi connectivity index (χ0) is 18.5. The van der Waals surface area contributed by atoms with E-state index in [1.807, 2.05) is 0 Å². The lowest BCUT2D eigenvalue weighted by Crippen LogP contribution is -2.00. The van der Waals surface area contributed by atoms with Gasteiger partial charge in [0.2, 0.25) is 0 Å². The minimum absolute atomic E-state index is 0.766. The van der Waals surface area contributed by atoms with Crippen LogP contribution in [0.1, 0.15) is 102 Å². The van der Waals surface area contributed by atoms with Gasteiger partial charge in [0.1, 0.15) is 0 Å². The van der Waals surface area contributed by atoms with Gasteiger partial charge in [-0.1, -0.05) is 114 Å². The van der Waals surface area contributed by atoms with Crippen molar-refractivity contribution in [1.82, 2.24) is 0 Å². The van der Waals surface area contributed by atoms with Gasteiger partial charge in [-0.15, -0.1) is 0 Å². The van der Waals surface area contributed by atoms with E-state index in [0.29, 0.717) is 0 Å². The maximum Gasteiger partial charge on any atom is -0.0187 e. The second-order valence-electron chi connectivity index (χ2n) is 8.08. The molecule has 0 saturated carbocycles. The van der Waals surface area contributed by atoms with Crippen molar-refractivity contribution >= 4 is 5.57 Å². The average Bonchev–Trinajstić information content (AvgIpc) is 2.69. The van der Waals surface area contributed by atoms with Crippen LogP contribution in [0.3, 0.4) is 0 Å². The van der Waals surface area contributed by atoms with E-state index >= 15 is 0 Å². The third kappa shape index (κ3) is 7.94. The molecule has 0 fully saturated rings. The van der Waals surface area contributed by atoms with Crippen molar-refractivity contribution in [3.05, 3.63) is 53.6 Å². The largest absolute Gasteiger partial charge is 0.0805 e. The molecule has 0 radical (unpaired) electrons. The summed E-state index contributed by atoms with van der Waals surface area (Å²) in [7, 11) is 0. The molecule has 1 aliphatic carbocycles. The first-order chi connectivity index (χ1) is 12.8. The summed E-state index contributed by atoms with van der Waals surface area (Å²) in [6.45, 7) is 4.55. The molecule has 1 aliphatic rings. The maximum absolute atomic E-state index is 2.46. The van der Waals surface area contributed by atoms with E-state index in [4.69, 9.17) is 0 Å². The minimum atomic E-state index is 0.766. The van der Waals surface area contributed by atoms with Crippen LogP contribution in [0, 0.1) is 5.92 Å². The normalized spacial score (nSPS) is 16.7. The molecule has 144 valence electrons. The Kier molecular flexibility index (Phi) is 10.5. The molecule has 0 heterocycles. The monoisotopic (exact) mass is 352 g/mol. The molecule has 0 aliphatic heterocycles. The predicted octanol–water partition coefficient (Wildman–Crippen LogP) is 8.52. The summed E-state index contributed by atoms with van der Waals surface area (Å²) in [4.78, 5) is 0. The molecule has 1 aromatic carbocycles. The van der Waals surface area contributed by atoms with E-state index in [-0.39, 0.29) is 0 Å². The SMILES string of the molecule is CCCCCCCCCCC1C=CC(c2ccc(CCCC)cc2)=CC1. The molecule has 1 atom stereocenters. The topological polar surface area (TPSA) is 0 Å². The van der Waals surface area contributed by atoms with Gasteiger partial charge in [-0.2, -0.15) is 0 Å². The smallest absolute Gasteiger partial charge is 0.0187 e. The lowest BCUT2D eigenvalue weighted by Gasteiger charge is -2.16. The Labute approximate surface area is 162 Å². The second-order valence-corrected chi connectivity index (χ2v) is 8.08. The van der Waals surface area contributed by atoms with Crippen molar-refractivity contribution in [2.24, 2.45) is 5.92 Å². The quantitative estimate of drug-likeness (QED) is 0.312. The highest BCUT2D eigenvalue weighted by Crippen LogP contribution is 2.27. The number of hydrogen-bond acceptors (Lipinski definition) is 0. The van der Waals surface area contributed by atoms with Gasteiger partial charge in [0.05, 0.1) is 0 Å². The first-order valence-corrected chi connectivity index (χ1v) is 11.3. The first-order valence-electron chi connectivity index (χ1n) is 11.3. The molecular weight excluding hydrogens is 312 g/mol. The number of aryl methyl sites for hydroxylation is 1. The van der Waals surface area contributed by atoms with Gasteiger partial charge in [0, 0.05) is 0 Å². The highest BCUT2D eigenvalue weighted by molar-refractivity contribution is 5.75. The van der Waals surface area contributed by atoms with E-state index in [2.05, 4.69) is 56.3 Å². The lowest BCUT2D eigenvalue weighted by molar-refractivity contribution is 0.514. The Morgan fingerprint density at radius 2 is 1.42 bits per heavy atom. The Bertz CT molecular complexity index is 532. The van der Waals surface area contributed by atoms with Crippen LogP contribution in [0.15, 0.2) is 42.5 Å². The fourth-order valence-corrected chi connectivity index (χ4v) is 3.88. The Balaban J connectivity index is 1.63. The third-order valence-electron chi connectivity index (χ3n) is 5.72. The van der Waals surface area contributed by atoms with Crippen LogP contribution in [-0.2, 0) is 6.42 Å². The van der Waals surface area contributed by atoms with Crippen LogP contribution in [0.2, 0.25) is 0 Å². The van der Waals surface area contributed by atoms with Gasteiger partial charge in [-0.05, 0) is 48.3 Å². The minimum Gasteiger partial charge on any atom is -0.0805 e. The van der Waals surface area contributed by atoms with Crippen molar-refractivity contribution in [3.8, 4) is 0 Å². The van der Waals surface area contributed by atoms with Crippen LogP contribution < -0.4 is 0 Å². The molecule has 1 unspecified atom stereocenters. The fraction of sp³-hybridized carbons (Fsp3) is 0.615. The lowest BCUT2D eigenvalue weighted by atomic mass is 9.89. The molecule has 0 nitrogen and oxygen atoms in total. The van der Waals surface area contributed by atoms with E-state index < -0.39 is 0 Å². The van der Waals surface area contributed by atoms with Crippen LogP contribution in [-0.4, -0.2) is 0 Å². The zero-order valence-electron chi connectivity index (χ0n) is 17.3. The molecule has 0 saturated heterocycles. The van der Waals surface area contributed by atoms with E-state index in [1.54, 1.807) is 0 Å². The van der Waals surface area contributed by atoms with Crippen LogP contribution >= 0.6 is 0 Å². The molecular formula is C26H40. The Morgan fingerprint density at radius 3 is 2.04 bits per heavy atom. The molecule has 0 amide bonds. The summed E-state index contributed by atoms with van der Waals surface area (Å²) < 4.78 is 0. The Hall–Kier alpha value is -1.30. The number of hydrogen-bond donors (Lipinski definition) is 0. The number of unbranched alkanes of at least 4 members (excludes halogenated alkanes) is 8. The molecule has 0 N–H and O–H groups in total. The summed E-state index contributed by atoms with van der Waals surface area (Å²) >= 11 is 0.